The first-order chi connectivity index (χ1) is 14.7. The summed E-state index contributed by atoms with van der Waals surface area (Å²) in [5.74, 6) is 2.37. The number of aliphatic hydroxyl groups excluding tert-OH is 1. The average Bonchev–Trinajstić information content (AvgIpc) is 3.29. The lowest BCUT2D eigenvalue weighted by molar-refractivity contribution is 0.244. The molecule has 0 spiro atoms. The van der Waals surface area contributed by atoms with Gasteiger partial charge in [-0.05, 0) is 37.0 Å². The van der Waals surface area contributed by atoms with Gasteiger partial charge in [-0.2, -0.15) is 9.97 Å². The molecule has 3 aromatic rings. The third kappa shape index (κ3) is 3.82. The number of allylic oxidation sites excluding steroid dienone is 1. The minimum Gasteiger partial charge on any atom is -0.497 e. The summed E-state index contributed by atoms with van der Waals surface area (Å²) in [5.41, 5.74) is 2.71. The van der Waals surface area contributed by atoms with Gasteiger partial charge in [0.2, 0.25) is 5.95 Å². The molecule has 0 saturated heterocycles. The van der Waals surface area contributed by atoms with Crippen LogP contribution in [-0.4, -0.2) is 44.4 Å². The number of aromatic nitrogens is 4. The summed E-state index contributed by atoms with van der Waals surface area (Å²) in [6.07, 6.45) is 9.20. The van der Waals surface area contributed by atoms with Gasteiger partial charge in [-0.25, -0.2) is 4.98 Å². The van der Waals surface area contributed by atoms with E-state index in [9.17, 15) is 5.11 Å². The number of imidazole rings is 1. The first-order valence-corrected chi connectivity index (χ1v) is 10.4. The largest absolute Gasteiger partial charge is 0.497 e. The Morgan fingerprint density at radius 3 is 2.70 bits per heavy atom. The fraction of sp³-hybridized carbons (Fsp3) is 0.409. The van der Waals surface area contributed by atoms with Crippen molar-refractivity contribution in [3.63, 3.8) is 0 Å². The number of hydrogen-bond acceptors (Lipinski definition) is 7. The fourth-order valence-corrected chi connectivity index (χ4v) is 3.78. The zero-order valence-electron chi connectivity index (χ0n) is 17.0. The van der Waals surface area contributed by atoms with E-state index in [1.807, 2.05) is 30.6 Å². The Balaban J connectivity index is 1.43. The Bertz CT molecular complexity index is 1060. The van der Waals surface area contributed by atoms with Crippen LogP contribution in [0, 0.1) is 5.92 Å². The van der Waals surface area contributed by atoms with Gasteiger partial charge in [0.25, 0.3) is 0 Å². The maximum atomic E-state index is 9.47. The molecule has 2 aliphatic rings. The van der Waals surface area contributed by atoms with Crippen molar-refractivity contribution in [1.82, 2.24) is 19.5 Å². The van der Waals surface area contributed by atoms with Crippen LogP contribution in [0.4, 0.5) is 11.8 Å². The molecule has 156 valence electrons. The molecule has 0 radical (unpaired) electrons. The summed E-state index contributed by atoms with van der Waals surface area (Å²) in [7, 11) is 1.66. The quantitative estimate of drug-likeness (QED) is 0.495. The molecule has 2 atom stereocenters. The lowest BCUT2D eigenvalue weighted by Gasteiger charge is -2.14. The summed E-state index contributed by atoms with van der Waals surface area (Å²) in [6, 6.07) is 8.55. The molecule has 2 aromatic heterocycles. The molecule has 5 rings (SSSR count). The van der Waals surface area contributed by atoms with Crippen LogP contribution in [-0.2, 0) is 6.54 Å². The standard InChI is InChI=1S/C22H26N6O2/c1-30-18-8-3-14(4-9-18)11-23-22-26-20(25-16-5-6-16)19-21(27-22)28(13-24-19)17-7-2-15(10-17)12-29/h2-4,7-9,13,15-17,29H,5-6,10-12H2,1H3,(H2,23,25,26,27)/t15-,17+/m1/s1. The van der Waals surface area contributed by atoms with E-state index >= 15 is 0 Å². The summed E-state index contributed by atoms with van der Waals surface area (Å²) in [4.78, 5) is 14.1. The van der Waals surface area contributed by atoms with Crippen LogP contribution in [0.2, 0.25) is 0 Å². The molecular weight excluding hydrogens is 380 g/mol. The molecule has 1 fully saturated rings. The van der Waals surface area contributed by atoms with Crippen molar-refractivity contribution in [1.29, 1.82) is 0 Å². The van der Waals surface area contributed by atoms with E-state index in [4.69, 9.17) is 14.7 Å². The highest BCUT2D eigenvalue weighted by Crippen LogP contribution is 2.33. The molecule has 2 aliphatic carbocycles. The number of nitrogens with zero attached hydrogens (tertiary/aromatic N) is 4. The zero-order valence-corrected chi connectivity index (χ0v) is 17.0. The zero-order chi connectivity index (χ0) is 20.5. The SMILES string of the molecule is COc1ccc(CNc2nc(NC3CC3)c3ncn([C@H]4C=C[C@@H](CO)C4)c3n2)cc1. The predicted molar refractivity (Wildman–Crippen MR) is 116 cm³/mol. The number of methoxy groups -OCH3 is 1. The average molecular weight is 406 g/mol. The summed E-state index contributed by atoms with van der Waals surface area (Å²) in [6.45, 7) is 0.778. The summed E-state index contributed by atoms with van der Waals surface area (Å²) in [5, 5.41) is 16.3. The number of hydrogen-bond donors (Lipinski definition) is 3. The van der Waals surface area contributed by atoms with Crippen molar-refractivity contribution in [3.8, 4) is 5.75 Å². The molecule has 1 saturated carbocycles. The highest BCUT2D eigenvalue weighted by atomic mass is 16.5. The van der Waals surface area contributed by atoms with Gasteiger partial charge in [-0.3, -0.25) is 0 Å². The third-order valence-electron chi connectivity index (χ3n) is 5.69. The number of ether oxygens (including phenoxy) is 1. The van der Waals surface area contributed by atoms with Gasteiger partial charge in [0.1, 0.15) is 5.75 Å². The second-order valence-electron chi connectivity index (χ2n) is 7.97. The number of fused-ring (bicyclic) bond motifs is 1. The van der Waals surface area contributed by atoms with Crippen LogP contribution >= 0.6 is 0 Å². The molecule has 0 aliphatic heterocycles. The number of aliphatic hydroxyl groups is 1. The van der Waals surface area contributed by atoms with Gasteiger partial charge in [0, 0.05) is 25.1 Å². The Labute approximate surface area is 175 Å². The summed E-state index contributed by atoms with van der Waals surface area (Å²) < 4.78 is 7.31. The van der Waals surface area contributed by atoms with Crippen molar-refractivity contribution in [2.45, 2.75) is 37.9 Å². The molecule has 0 unspecified atom stereocenters. The molecule has 8 nitrogen and oxygen atoms in total. The lowest BCUT2D eigenvalue weighted by atomic mass is 10.1. The molecule has 0 bridgehead atoms. The maximum absolute atomic E-state index is 9.47. The van der Waals surface area contributed by atoms with E-state index < -0.39 is 0 Å². The Morgan fingerprint density at radius 2 is 2.00 bits per heavy atom. The van der Waals surface area contributed by atoms with Gasteiger partial charge < -0.3 is 25.0 Å². The molecule has 8 heteroatoms. The Morgan fingerprint density at radius 1 is 1.17 bits per heavy atom. The molecule has 30 heavy (non-hydrogen) atoms. The van der Waals surface area contributed by atoms with Crippen LogP contribution in [0.3, 0.4) is 0 Å². The van der Waals surface area contributed by atoms with E-state index in [-0.39, 0.29) is 18.6 Å². The molecule has 1 aromatic carbocycles. The first kappa shape index (κ1) is 18.9. The predicted octanol–water partition coefficient (Wildman–Crippen LogP) is 3.13. The molecular formula is C22H26N6O2. The normalized spacial score (nSPS) is 20.6. The Hall–Kier alpha value is -3.13. The minimum absolute atomic E-state index is 0.144. The topological polar surface area (TPSA) is 97.1 Å². The van der Waals surface area contributed by atoms with Crippen LogP contribution in [0.5, 0.6) is 5.75 Å². The fourth-order valence-electron chi connectivity index (χ4n) is 3.78. The van der Waals surface area contributed by atoms with Crippen LogP contribution < -0.4 is 15.4 Å². The van der Waals surface area contributed by atoms with Gasteiger partial charge in [-0.15, -0.1) is 0 Å². The van der Waals surface area contributed by atoms with E-state index in [2.05, 4.69) is 32.3 Å². The number of anilines is 2. The molecule has 0 amide bonds. The monoisotopic (exact) mass is 406 g/mol. The van der Waals surface area contributed by atoms with Gasteiger partial charge in [-0.1, -0.05) is 24.3 Å². The van der Waals surface area contributed by atoms with Gasteiger partial charge >= 0.3 is 0 Å². The van der Waals surface area contributed by atoms with Crippen molar-refractivity contribution >= 4 is 22.9 Å². The van der Waals surface area contributed by atoms with E-state index in [0.717, 1.165) is 47.6 Å². The number of benzene rings is 1. The Kier molecular flexibility index (Phi) is 5.00. The van der Waals surface area contributed by atoms with Crippen LogP contribution in [0.25, 0.3) is 11.2 Å². The molecule has 2 heterocycles. The minimum atomic E-state index is 0.144. The van der Waals surface area contributed by atoms with E-state index in [0.29, 0.717) is 18.5 Å². The third-order valence-corrected chi connectivity index (χ3v) is 5.69. The maximum Gasteiger partial charge on any atom is 0.227 e. The summed E-state index contributed by atoms with van der Waals surface area (Å²) >= 11 is 0. The second kappa shape index (κ2) is 7.95. The van der Waals surface area contributed by atoms with E-state index in [1.165, 1.54) is 0 Å². The van der Waals surface area contributed by atoms with Gasteiger partial charge in [0.05, 0.1) is 19.5 Å². The van der Waals surface area contributed by atoms with E-state index in [1.54, 1.807) is 7.11 Å². The number of rotatable bonds is 8. The van der Waals surface area contributed by atoms with Crippen molar-refractivity contribution in [2.75, 3.05) is 24.4 Å². The first-order valence-electron chi connectivity index (χ1n) is 10.4. The van der Waals surface area contributed by atoms with Crippen LogP contribution in [0.15, 0.2) is 42.7 Å². The highest BCUT2D eigenvalue weighted by molar-refractivity contribution is 5.84. The van der Waals surface area contributed by atoms with Crippen molar-refractivity contribution < 1.29 is 9.84 Å². The number of nitrogens with one attached hydrogen (secondary N) is 2. The second-order valence-corrected chi connectivity index (χ2v) is 7.97. The van der Waals surface area contributed by atoms with Gasteiger partial charge in [0.15, 0.2) is 17.0 Å². The lowest BCUT2D eigenvalue weighted by Crippen LogP contribution is -2.11. The highest BCUT2D eigenvalue weighted by Gasteiger charge is 2.26. The van der Waals surface area contributed by atoms with Crippen molar-refractivity contribution in [2.24, 2.45) is 5.92 Å². The molecule has 3 N–H and O–H groups in total. The van der Waals surface area contributed by atoms with Crippen LogP contribution in [0.1, 0.15) is 30.9 Å². The smallest absolute Gasteiger partial charge is 0.227 e. The van der Waals surface area contributed by atoms with Crippen molar-refractivity contribution in [3.05, 3.63) is 48.3 Å².